The smallest absolute Gasteiger partial charge is 0.315 e. The molecule has 0 fully saturated rings. The maximum Gasteiger partial charge on any atom is 0.315 e. The van der Waals surface area contributed by atoms with Crippen LogP contribution in [-0.2, 0) is 6.54 Å². The van der Waals surface area contributed by atoms with Gasteiger partial charge in [-0.15, -0.1) is 11.3 Å². The van der Waals surface area contributed by atoms with Gasteiger partial charge in [-0.3, -0.25) is 0 Å². The van der Waals surface area contributed by atoms with Crippen LogP contribution in [-0.4, -0.2) is 29.3 Å². The molecule has 0 aliphatic carbocycles. The summed E-state index contributed by atoms with van der Waals surface area (Å²) in [6, 6.07) is -0.176. The standard InChI is InChI=1S/C14H25N3O2S/c1-10(2)6-12(4-5-18)8-16-14(19)17-9-13-15-7-11(3)20-13/h7,10,12,18H,4-6,8-9H2,1-3H3,(H2,16,17,19). The minimum atomic E-state index is -0.176. The van der Waals surface area contributed by atoms with E-state index in [0.29, 0.717) is 24.9 Å². The Balaban J connectivity index is 2.26. The zero-order chi connectivity index (χ0) is 15.0. The first-order valence-electron chi connectivity index (χ1n) is 7.05. The number of aryl methyl sites for hydroxylation is 1. The Morgan fingerprint density at radius 1 is 1.45 bits per heavy atom. The number of carbonyl (C=O) groups excluding carboxylic acids is 1. The number of aliphatic hydroxyl groups excluding tert-OH is 1. The molecular formula is C14H25N3O2S. The quantitative estimate of drug-likeness (QED) is 0.689. The van der Waals surface area contributed by atoms with Crippen LogP contribution in [0.1, 0.15) is 36.6 Å². The summed E-state index contributed by atoms with van der Waals surface area (Å²) in [4.78, 5) is 17.0. The van der Waals surface area contributed by atoms with Gasteiger partial charge in [0.15, 0.2) is 0 Å². The highest BCUT2D eigenvalue weighted by molar-refractivity contribution is 7.11. The van der Waals surface area contributed by atoms with Crippen molar-refractivity contribution in [3.63, 3.8) is 0 Å². The van der Waals surface area contributed by atoms with Gasteiger partial charge in [0.2, 0.25) is 0 Å². The summed E-state index contributed by atoms with van der Waals surface area (Å²) >= 11 is 1.58. The second kappa shape index (κ2) is 8.92. The van der Waals surface area contributed by atoms with Gasteiger partial charge in [0, 0.05) is 24.2 Å². The molecule has 0 radical (unpaired) electrons. The van der Waals surface area contributed by atoms with Gasteiger partial charge in [0.05, 0.1) is 6.54 Å². The van der Waals surface area contributed by atoms with E-state index < -0.39 is 0 Å². The van der Waals surface area contributed by atoms with Crippen LogP contribution in [0.2, 0.25) is 0 Å². The third kappa shape index (κ3) is 6.86. The van der Waals surface area contributed by atoms with Gasteiger partial charge >= 0.3 is 6.03 Å². The van der Waals surface area contributed by atoms with Crippen molar-refractivity contribution in [3.05, 3.63) is 16.1 Å². The number of nitrogens with zero attached hydrogens (tertiary/aromatic N) is 1. The number of urea groups is 1. The predicted molar refractivity (Wildman–Crippen MR) is 81.7 cm³/mol. The summed E-state index contributed by atoms with van der Waals surface area (Å²) in [6.45, 7) is 7.51. The highest BCUT2D eigenvalue weighted by atomic mass is 32.1. The number of rotatable bonds is 8. The molecule has 0 aliphatic heterocycles. The summed E-state index contributed by atoms with van der Waals surface area (Å²) in [5, 5.41) is 15.6. The first kappa shape index (κ1) is 16.9. The molecule has 1 aromatic rings. The van der Waals surface area contributed by atoms with Gasteiger partial charge in [-0.2, -0.15) is 0 Å². The largest absolute Gasteiger partial charge is 0.396 e. The van der Waals surface area contributed by atoms with Crippen molar-refractivity contribution in [2.75, 3.05) is 13.2 Å². The summed E-state index contributed by atoms with van der Waals surface area (Å²) in [7, 11) is 0. The average molecular weight is 299 g/mol. The van der Waals surface area contributed by atoms with Gasteiger partial charge in [0.1, 0.15) is 5.01 Å². The maximum atomic E-state index is 11.7. The molecule has 1 aromatic heterocycles. The Morgan fingerprint density at radius 2 is 2.20 bits per heavy atom. The molecule has 1 atom stereocenters. The molecule has 0 saturated carbocycles. The second-order valence-corrected chi connectivity index (χ2v) is 6.76. The molecule has 20 heavy (non-hydrogen) atoms. The molecule has 5 nitrogen and oxygen atoms in total. The van der Waals surface area contributed by atoms with Crippen LogP contribution in [0, 0.1) is 18.8 Å². The van der Waals surface area contributed by atoms with Crippen LogP contribution in [0.4, 0.5) is 4.79 Å². The maximum absolute atomic E-state index is 11.7. The van der Waals surface area contributed by atoms with Gasteiger partial charge in [-0.05, 0) is 31.6 Å². The predicted octanol–water partition coefficient (Wildman–Crippen LogP) is 2.30. The summed E-state index contributed by atoms with van der Waals surface area (Å²) in [6.07, 6.45) is 3.54. The molecule has 0 saturated heterocycles. The molecular weight excluding hydrogens is 274 g/mol. The molecule has 114 valence electrons. The number of aromatic nitrogens is 1. The van der Waals surface area contributed by atoms with Crippen molar-refractivity contribution < 1.29 is 9.90 Å². The van der Waals surface area contributed by atoms with Crippen molar-refractivity contribution in [2.24, 2.45) is 11.8 Å². The van der Waals surface area contributed by atoms with E-state index in [1.54, 1.807) is 17.5 Å². The molecule has 3 N–H and O–H groups in total. The Bertz CT molecular complexity index is 407. The van der Waals surface area contributed by atoms with Crippen LogP contribution >= 0.6 is 11.3 Å². The van der Waals surface area contributed by atoms with Gasteiger partial charge in [-0.1, -0.05) is 13.8 Å². The van der Waals surface area contributed by atoms with E-state index in [4.69, 9.17) is 5.11 Å². The molecule has 0 spiro atoms. The SMILES string of the molecule is Cc1cnc(CNC(=O)NCC(CCO)CC(C)C)s1. The van der Waals surface area contributed by atoms with Crippen molar-refractivity contribution in [1.82, 2.24) is 15.6 Å². The van der Waals surface area contributed by atoms with Crippen molar-refractivity contribution in [2.45, 2.75) is 40.2 Å². The summed E-state index contributed by atoms with van der Waals surface area (Å²) < 4.78 is 0. The zero-order valence-electron chi connectivity index (χ0n) is 12.5. The summed E-state index contributed by atoms with van der Waals surface area (Å²) in [5.41, 5.74) is 0. The van der Waals surface area contributed by atoms with E-state index in [9.17, 15) is 4.79 Å². The lowest BCUT2D eigenvalue weighted by molar-refractivity contribution is 0.225. The number of carbonyl (C=O) groups is 1. The third-order valence-corrected chi connectivity index (χ3v) is 3.88. The first-order chi connectivity index (χ1) is 9.51. The zero-order valence-corrected chi connectivity index (χ0v) is 13.3. The first-order valence-corrected chi connectivity index (χ1v) is 7.86. The molecule has 0 bridgehead atoms. The lowest BCUT2D eigenvalue weighted by atomic mass is 9.94. The van der Waals surface area contributed by atoms with E-state index in [1.165, 1.54) is 0 Å². The van der Waals surface area contributed by atoms with E-state index in [0.717, 1.165) is 22.7 Å². The topological polar surface area (TPSA) is 74.2 Å². The van der Waals surface area contributed by atoms with Crippen molar-refractivity contribution >= 4 is 17.4 Å². The molecule has 0 aromatic carbocycles. The monoisotopic (exact) mass is 299 g/mol. The molecule has 1 heterocycles. The van der Waals surface area contributed by atoms with Crippen LogP contribution in [0.15, 0.2) is 6.20 Å². The molecule has 2 amide bonds. The van der Waals surface area contributed by atoms with E-state index in [-0.39, 0.29) is 12.6 Å². The minimum absolute atomic E-state index is 0.166. The Hall–Kier alpha value is -1.14. The van der Waals surface area contributed by atoms with Gasteiger partial charge in [-0.25, -0.2) is 9.78 Å². The molecule has 0 aliphatic rings. The van der Waals surface area contributed by atoms with Crippen LogP contribution in [0.5, 0.6) is 0 Å². The molecule has 1 unspecified atom stereocenters. The third-order valence-electron chi connectivity index (χ3n) is 2.96. The molecule has 1 rings (SSSR count). The van der Waals surface area contributed by atoms with Crippen molar-refractivity contribution in [3.8, 4) is 0 Å². The van der Waals surface area contributed by atoms with Crippen LogP contribution in [0.25, 0.3) is 0 Å². The fraction of sp³-hybridized carbons (Fsp3) is 0.714. The Morgan fingerprint density at radius 3 is 2.75 bits per heavy atom. The van der Waals surface area contributed by atoms with E-state index >= 15 is 0 Å². The van der Waals surface area contributed by atoms with Crippen molar-refractivity contribution in [1.29, 1.82) is 0 Å². The summed E-state index contributed by atoms with van der Waals surface area (Å²) in [5.74, 6) is 0.891. The number of hydrogen-bond acceptors (Lipinski definition) is 4. The number of aliphatic hydroxyl groups is 1. The fourth-order valence-electron chi connectivity index (χ4n) is 2.09. The van der Waals surface area contributed by atoms with Gasteiger partial charge < -0.3 is 15.7 Å². The lowest BCUT2D eigenvalue weighted by Gasteiger charge is -2.18. The number of hydrogen-bond donors (Lipinski definition) is 3. The Kier molecular flexibility index (Phi) is 7.54. The lowest BCUT2D eigenvalue weighted by Crippen LogP contribution is -2.38. The highest BCUT2D eigenvalue weighted by Gasteiger charge is 2.12. The van der Waals surface area contributed by atoms with E-state index in [2.05, 4.69) is 29.5 Å². The highest BCUT2D eigenvalue weighted by Crippen LogP contribution is 2.14. The van der Waals surface area contributed by atoms with Gasteiger partial charge in [0.25, 0.3) is 0 Å². The second-order valence-electron chi connectivity index (χ2n) is 5.44. The fourth-order valence-corrected chi connectivity index (χ4v) is 2.82. The minimum Gasteiger partial charge on any atom is -0.396 e. The van der Waals surface area contributed by atoms with E-state index in [1.807, 2.05) is 6.92 Å². The normalized spacial score (nSPS) is 12.4. The number of thiazole rings is 1. The average Bonchev–Trinajstić information content (AvgIpc) is 2.79. The van der Waals surface area contributed by atoms with Crippen LogP contribution < -0.4 is 10.6 Å². The van der Waals surface area contributed by atoms with Crippen LogP contribution in [0.3, 0.4) is 0 Å². The number of amides is 2. The number of nitrogens with one attached hydrogen (secondary N) is 2. The molecule has 6 heteroatoms. The Labute approximate surface area is 124 Å².